The molecule has 1 unspecified atom stereocenters. The summed E-state index contributed by atoms with van der Waals surface area (Å²) in [6.45, 7) is 3.63. The van der Waals surface area contributed by atoms with Crippen molar-refractivity contribution >= 4 is 5.78 Å². The molecule has 0 radical (unpaired) electrons. The third kappa shape index (κ3) is 2.91. The van der Waals surface area contributed by atoms with Gasteiger partial charge in [0.2, 0.25) is 0 Å². The lowest BCUT2D eigenvalue weighted by atomic mass is 9.86. The molecule has 2 nitrogen and oxygen atoms in total. The Labute approximate surface area is 126 Å². The van der Waals surface area contributed by atoms with Crippen LogP contribution in [0.15, 0.2) is 48.5 Å². The van der Waals surface area contributed by atoms with Crippen molar-refractivity contribution in [2.45, 2.75) is 25.8 Å². The summed E-state index contributed by atoms with van der Waals surface area (Å²) in [4.78, 5) is 14.0. The topological polar surface area (TPSA) is 20.3 Å². The highest BCUT2D eigenvalue weighted by molar-refractivity contribution is 5.94. The molecule has 108 valence electrons. The second-order valence-electron chi connectivity index (χ2n) is 5.96. The van der Waals surface area contributed by atoms with Gasteiger partial charge in [0.05, 0.1) is 0 Å². The van der Waals surface area contributed by atoms with Crippen LogP contribution < -0.4 is 0 Å². The molecular weight excluding hydrogens is 258 g/mol. The van der Waals surface area contributed by atoms with Gasteiger partial charge in [-0.05, 0) is 49.7 Å². The lowest BCUT2D eigenvalue weighted by Crippen LogP contribution is -2.17. The highest BCUT2D eigenvalue weighted by Gasteiger charge is 2.22. The predicted octanol–water partition coefficient (Wildman–Crippen LogP) is 3.86. The van der Waals surface area contributed by atoms with Crippen molar-refractivity contribution in [3.8, 4) is 0 Å². The lowest BCUT2D eigenvalue weighted by Gasteiger charge is -2.18. The third-order valence-corrected chi connectivity index (χ3v) is 4.37. The maximum Gasteiger partial charge on any atom is 0.159 e. The van der Waals surface area contributed by atoms with E-state index in [0.29, 0.717) is 5.92 Å². The smallest absolute Gasteiger partial charge is 0.159 e. The Morgan fingerprint density at radius 3 is 2.62 bits per heavy atom. The molecule has 0 aliphatic carbocycles. The molecule has 1 atom stereocenters. The summed E-state index contributed by atoms with van der Waals surface area (Å²) in [5.41, 5.74) is 4.84. The Morgan fingerprint density at radius 1 is 1.14 bits per heavy atom. The van der Waals surface area contributed by atoms with Crippen LogP contribution in [0.4, 0.5) is 0 Å². The summed E-state index contributed by atoms with van der Waals surface area (Å²) in [6, 6.07) is 16.9. The lowest BCUT2D eigenvalue weighted by molar-refractivity contribution is 0.101. The molecule has 0 fully saturated rings. The van der Waals surface area contributed by atoms with Crippen LogP contribution in [0, 0.1) is 0 Å². The monoisotopic (exact) mass is 279 g/mol. The van der Waals surface area contributed by atoms with Crippen molar-refractivity contribution < 1.29 is 4.79 Å². The molecule has 1 aliphatic rings. The Morgan fingerprint density at radius 2 is 1.90 bits per heavy atom. The zero-order chi connectivity index (χ0) is 14.8. The SMILES string of the molecule is CC(=O)c1ccc2c(c1)CN(C)CCC2c1ccccc1. The second-order valence-corrected chi connectivity index (χ2v) is 5.96. The number of Topliss-reactive ketones (excluding diaryl/α,β-unsaturated/α-hetero) is 1. The zero-order valence-electron chi connectivity index (χ0n) is 12.7. The van der Waals surface area contributed by atoms with Crippen molar-refractivity contribution in [1.82, 2.24) is 4.90 Å². The number of carbonyl (C=O) groups excluding carboxylic acids is 1. The fourth-order valence-corrected chi connectivity index (χ4v) is 3.21. The minimum atomic E-state index is 0.140. The van der Waals surface area contributed by atoms with E-state index >= 15 is 0 Å². The van der Waals surface area contributed by atoms with Crippen molar-refractivity contribution in [1.29, 1.82) is 0 Å². The summed E-state index contributed by atoms with van der Waals surface area (Å²) >= 11 is 0. The zero-order valence-corrected chi connectivity index (χ0v) is 12.7. The maximum atomic E-state index is 11.6. The number of benzene rings is 2. The highest BCUT2D eigenvalue weighted by Crippen LogP contribution is 2.34. The normalized spacial score (nSPS) is 18.9. The van der Waals surface area contributed by atoms with Crippen molar-refractivity contribution in [3.63, 3.8) is 0 Å². The minimum Gasteiger partial charge on any atom is -0.302 e. The van der Waals surface area contributed by atoms with Crippen LogP contribution in [0.25, 0.3) is 0 Å². The fourth-order valence-electron chi connectivity index (χ4n) is 3.21. The molecule has 1 aliphatic heterocycles. The van der Waals surface area contributed by atoms with Gasteiger partial charge in [0.15, 0.2) is 5.78 Å². The standard InChI is InChI=1S/C19H21NO/c1-14(21)16-8-9-18-17(12-16)13-20(2)11-10-19(18)15-6-4-3-5-7-15/h3-9,12,19H,10-11,13H2,1-2H3. The van der Waals surface area contributed by atoms with Crippen LogP contribution in [0.1, 0.15) is 46.3 Å². The molecule has 0 saturated carbocycles. The maximum absolute atomic E-state index is 11.6. The molecule has 2 heteroatoms. The Kier molecular flexibility index (Phi) is 3.89. The summed E-state index contributed by atoms with van der Waals surface area (Å²) in [5.74, 6) is 0.563. The van der Waals surface area contributed by atoms with E-state index in [2.05, 4.69) is 54.4 Å². The van der Waals surface area contributed by atoms with E-state index in [1.165, 1.54) is 16.7 Å². The van der Waals surface area contributed by atoms with Gasteiger partial charge in [0, 0.05) is 18.0 Å². The van der Waals surface area contributed by atoms with Gasteiger partial charge < -0.3 is 4.90 Å². The molecule has 2 aromatic rings. The third-order valence-electron chi connectivity index (χ3n) is 4.37. The van der Waals surface area contributed by atoms with E-state index in [1.807, 2.05) is 6.07 Å². The van der Waals surface area contributed by atoms with Gasteiger partial charge in [0.25, 0.3) is 0 Å². The quantitative estimate of drug-likeness (QED) is 0.778. The second kappa shape index (κ2) is 5.82. The number of rotatable bonds is 2. The number of hydrogen-bond donors (Lipinski definition) is 0. The van der Waals surface area contributed by atoms with E-state index in [9.17, 15) is 4.79 Å². The van der Waals surface area contributed by atoms with Gasteiger partial charge in [-0.1, -0.05) is 42.5 Å². The first-order valence-corrected chi connectivity index (χ1v) is 7.52. The Hall–Kier alpha value is -1.93. The number of fused-ring (bicyclic) bond motifs is 1. The van der Waals surface area contributed by atoms with Gasteiger partial charge >= 0.3 is 0 Å². The van der Waals surface area contributed by atoms with E-state index in [1.54, 1.807) is 6.92 Å². The molecule has 21 heavy (non-hydrogen) atoms. The van der Waals surface area contributed by atoms with E-state index < -0.39 is 0 Å². The van der Waals surface area contributed by atoms with Crippen molar-refractivity contribution in [2.75, 3.05) is 13.6 Å². The molecule has 0 aromatic heterocycles. The van der Waals surface area contributed by atoms with Gasteiger partial charge in [-0.3, -0.25) is 4.79 Å². The van der Waals surface area contributed by atoms with E-state index in [4.69, 9.17) is 0 Å². The molecule has 0 bridgehead atoms. The molecule has 0 spiro atoms. The van der Waals surface area contributed by atoms with Crippen molar-refractivity contribution in [3.05, 3.63) is 70.8 Å². The molecule has 0 N–H and O–H groups in total. The average Bonchev–Trinajstić information content (AvgIpc) is 2.65. The number of nitrogens with zero attached hydrogens (tertiary/aromatic N) is 1. The van der Waals surface area contributed by atoms with Gasteiger partial charge in [-0.15, -0.1) is 0 Å². The predicted molar refractivity (Wildman–Crippen MR) is 85.7 cm³/mol. The first-order valence-electron chi connectivity index (χ1n) is 7.52. The van der Waals surface area contributed by atoms with Crippen LogP contribution in [0.5, 0.6) is 0 Å². The molecule has 3 rings (SSSR count). The molecule has 1 heterocycles. The van der Waals surface area contributed by atoms with Crippen LogP contribution >= 0.6 is 0 Å². The molecular formula is C19H21NO. The van der Waals surface area contributed by atoms with E-state index in [0.717, 1.165) is 25.1 Å². The summed E-state index contributed by atoms with van der Waals surface area (Å²) in [7, 11) is 2.15. The van der Waals surface area contributed by atoms with Crippen LogP contribution in [0.2, 0.25) is 0 Å². The average molecular weight is 279 g/mol. The number of hydrogen-bond acceptors (Lipinski definition) is 2. The Balaban J connectivity index is 2.08. The van der Waals surface area contributed by atoms with Crippen LogP contribution in [-0.2, 0) is 6.54 Å². The summed E-state index contributed by atoms with van der Waals surface area (Å²) in [6.07, 6.45) is 1.12. The van der Waals surface area contributed by atoms with Crippen LogP contribution in [-0.4, -0.2) is 24.3 Å². The van der Waals surface area contributed by atoms with Gasteiger partial charge in [-0.2, -0.15) is 0 Å². The summed E-state index contributed by atoms with van der Waals surface area (Å²) in [5, 5.41) is 0. The summed E-state index contributed by atoms with van der Waals surface area (Å²) < 4.78 is 0. The fraction of sp³-hybridized carbons (Fsp3) is 0.316. The molecule has 0 saturated heterocycles. The van der Waals surface area contributed by atoms with Crippen LogP contribution in [0.3, 0.4) is 0 Å². The largest absolute Gasteiger partial charge is 0.302 e. The highest BCUT2D eigenvalue weighted by atomic mass is 16.1. The minimum absolute atomic E-state index is 0.140. The number of ketones is 1. The Bertz CT molecular complexity index is 648. The number of carbonyl (C=O) groups is 1. The van der Waals surface area contributed by atoms with Gasteiger partial charge in [0.1, 0.15) is 0 Å². The molecule has 2 aromatic carbocycles. The van der Waals surface area contributed by atoms with Crippen molar-refractivity contribution in [2.24, 2.45) is 0 Å². The first kappa shape index (κ1) is 14.0. The van der Waals surface area contributed by atoms with E-state index in [-0.39, 0.29) is 5.78 Å². The van der Waals surface area contributed by atoms with Gasteiger partial charge in [-0.25, -0.2) is 0 Å². The molecule has 0 amide bonds. The first-order chi connectivity index (χ1) is 10.1.